The first-order valence-corrected chi connectivity index (χ1v) is 5.63. The zero-order chi connectivity index (χ0) is 13.6. The van der Waals surface area contributed by atoms with Gasteiger partial charge in [0, 0.05) is 0 Å². The number of esters is 1. The third-order valence-electron chi connectivity index (χ3n) is 2.89. The Balaban J connectivity index is 3.21. The van der Waals surface area contributed by atoms with Gasteiger partial charge in [0.15, 0.2) is 0 Å². The van der Waals surface area contributed by atoms with Crippen LogP contribution in [0.4, 0.5) is 4.39 Å². The molecule has 0 radical (unpaired) electrons. The molecule has 0 amide bonds. The van der Waals surface area contributed by atoms with Gasteiger partial charge in [0.2, 0.25) is 0 Å². The van der Waals surface area contributed by atoms with E-state index in [1.54, 1.807) is 12.1 Å². The lowest BCUT2D eigenvalue weighted by Gasteiger charge is -2.30. The summed E-state index contributed by atoms with van der Waals surface area (Å²) in [4.78, 5) is 12.0. The van der Waals surface area contributed by atoms with Crippen molar-refractivity contribution in [2.24, 2.45) is 0 Å². The second-order valence-electron chi connectivity index (χ2n) is 3.82. The molecule has 1 unspecified atom stereocenters. The number of ether oxygens (including phenoxy) is 1. The fraction of sp³-hybridized carbons (Fsp3) is 0.357. The van der Waals surface area contributed by atoms with Crippen molar-refractivity contribution in [2.75, 3.05) is 13.7 Å². The van der Waals surface area contributed by atoms with Gasteiger partial charge in [-0.3, -0.25) is 5.32 Å². The molecule has 1 N–H and O–H groups in total. The molecule has 0 aliphatic carbocycles. The number of terminal acetylenes is 1. The van der Waals surface area contributed by atoms with Gasteiger partial charge < -0.3 is 4.74 Å². The van der Waals surface area contributed by atoms with Crippen LogP contribution in [0.2, 0.25) is 0 Å². The molecule has 1 rings (SSSR count). The van der Waals surface area contributed by atoms with Crippen molar-refractivity contribution in [1.29, 1.82) is 0 Å². The molecule has 1 aromatic carbocycles. The molecule has 0 spiro atoms. The van der Waals surface area contributed by atoms with Gasteiger partial charge >= 0.3 is 5.97 Å². The van der Waals surface area contributed by atoms with Crippen LogP contribution in [0.25, 0.3) is 0 Å². The molecule has 0 bridgehead atoms. The van der Waals surface area contributed by atoms with E-state index >= 15 is 0 Å². The Morgan fingerprint density at radius 3 is 2.56 bits per heavy atom. The number of methoxy groups -OCH3 is 1. The Kier molecular flexibility index (Phi) is 4.87. The first kappa shape index (κ1) is 14.2. The minimum Gasteiger partial charge on any atom is -0.467 e. The molecule has 0 fully saturated rings. The highest BCUT2D eigenvalue weighted by molar-refractivity contribution is 5.82. The van der Waals surface area contributed by atoms with Gasteiger partial charge in [0.25, 0.3) is 0 Å². The van der Waals surface area contributed by atoms with Crippen molar-refractivity contribution < 1.29 is 13.9 Å². The van der Waals surface area contributed by atoms with E-state index in [9.17, 15) is 9.18 Å². The minimum atomic E-state index is -1.03. The fourth-order valence-electron chi connectivity index (χ4n) is 1.88. The van der Waals surface area contributed by atoms with Gasteiger partial charge in [0.1, 0.15) is 11.4 Å². The van der Waals surface area contributed by atoms with E-state index in [0.29, 0.717) is 12.0 Å². The third-order valence-corrected chi connectivity index (χ3v) is 2.89. The van der Waals surface area contributed by atoms with Crippen molar-refractivity contribution in [3.63, 3.8) is 0 Å². The lowest BCUT2D eigenvalue weighted by molar-refractivity contribution is -0.149. The molecule has 3 nitrogen and oxygen atoms in total. The Labute approximate surface area is 106 Å². The highest BCUT2D eigenvalue weighted by Gasteiger charge is 2.39. The zero-order valence-electron chi connectivity index (χ0n) is 10.5. The average Bonchev–Trinajstić information content (AvgIpc) is 2.41. The van der Waals surface area contributed by atoms with Crippen LogP contribution in [0.5, 0.6) is 0 Å². The van der Waals surface area contributed by atoms with E-state index in [1.807, 2.05) is 6.92 Å². The summed E-state index contributed by atoms with van der Waals surface area (Å²) in [6.45, 7) is 2.06. The number of hydrogen-bond acceptors (Lipinski definition) is 3. The van der Waals surface area contributed by atoms with E-state index in [-0.39, 0.29) is 12.4 Å². The molecule has 0 aromatic heterocycles. The standard InChI is InChI=1S/C14H16FNO2/c1-4-10-16-14(5-2,13(17)18-3)11-6-8-12(15)9-7-11/h1,6-9,16H,5,10H2,2-3H3. The van der Waals surface area contributed by atoms with Crippen LogP contribution in [-0.4, -0.2) is 19.6 Å². The first-order chi connectivity index (χ1) is 8.60. The topological polar surface area (TPSA) is 38.3 Å². The van der Waals surface area contributed by atoms with Crippen LogP contribution < -0.4 is 5.32 Å². The largest absolute Gasteiger partial charge is 0.467 e. The summed E-state index contributed by atoms with van der Waals surface area (Å²) in [5.41, 5.74) is -0.400. The summed E-state index contributed by atoms with van der Waals surface area (Å²) in [6.07, 6.45) is 5.66. The molecule has 0 saturated carbocycles. The van der Waals surface area contributed by atoms with Crippen molar-refractivity contribution in [2.45, 2.75) is 18.9 Å². The number of benzene rings is 1. The monoisotopic (exact) mass is 249 g/mol. The normalized spacial score (nSPS) is 13.4. The maximum atomic E-state index is 12.9. The van der Waals surface area contributed by atoms with Crippen LogP contribution in [0.15, 0.2) is 24.3 Å². The highest BCUT2D eigenvalue weighted by atomic mass is 19.1. The molecule has 18 heavy (non-hydrogen) atoms. The van der Waals surface area contributed by atoms with E-state index in [1.165, 1.54) is 19.2 Å². The summed E-state index contributed by atoms with van der Waals surface area (Å²) in [5.74, 6) is 1.63. The second kappa shape index (κ2) is 6.18. The van der Waals surface area contributed by atoms with Gasteiger partial charge in [-0.05, 0) is 24.1 Å². The van der Waals surface area contributed by atoms with Gasteiger partial charge in [-0.25, -0.2) is 9.18 Å². The van der Waals surface area contributed by atoms with Gasteiger partial charge in [-0.2, -0.15) is 0 Å². The smallest absolute Gasteiger partial charge is 0.330 e. The Hall–Kier alpha value is -1.86. The summed E-state index contributed by atoms with van der Waals surface area (Å²) in [6, 6.07) is 5.72. The number of nitrogens with one attached hydrogen (secondary N) is 1. The van der Waals surface area contributed by atoms with Crippen LogP contribution in [0, 0.1) is 18.2 Å². The maximum Gasteiger partial charge on any atom is 0.330 e. The van der Waals surface area contributed by atoms with Crippen LogP contribution >= 0.6 is 0 Å². The molecular formula is C14H16FNO2. The predicted molar refractivity (Wildman–Crippen MR) is 67.2 cm³/mol. The third kappa shape index (κ3) is 2.69. The van der Waals surface area contributed by atoms with Crippen LogP contribution in [0.3, 0.4) is 0 Å². The molecule has 4 heteroatoms. The molecule has 0 heterocycles. The Bertz CT molecular complexity index is 450. The first-order valence-electron chi connectivity index (χ1n) is 5.63. The second-order valence-corrected chi connectivity index (χ2v) is 3.82. The van der Waals surface area contributed by atoms with Gasteiger partial charge in [-0.15, -0.1) is 6.42 Å². The predicted octanol–water partition coefficient (Wildman–Crippen LogP) is 1.83. The Morgan fingerprint density at radius 2 is 2.11 bits per heavy atom. The lowest BCUT2D eigenvalue weighted by Crippen LogP contribution is -2.49. The zero-order valence-corrected chi connectivity index (χ0v) is 10.5. The fourth-order valence-corrected chi connectivity index (χ4v) is 1.88. The molecule has 96 valence electrons. The minimum absolute atomic E-state index is 0.223. The highest BCUT2D eigenvalue weighted by Crippen LogP contribution is 2.26. The number of rotatable bonds is 5. The quantitative estimate of drug-likeness (QED) is 0.639. The number of hydrogen-bond donors (Lipinski definition) is 1. The molecule has 0 saturated heterocycles. The van der Waals surface area contributed by atoms with E-state index in [0.717, 1.165) is 0 Å². The SMILES string of the molecule is C#CCNC(CC)(C(=O)OC)c1ccc(F)cc1. The van der Waals surface area contributed by atoms with Crippen molar-refractivity contribution in [1.82, 2.24) is 5.32 Å². The van der Waals surface area contributed by atoms with Crippen molar-refractivity contribution in [3.05, 3.63) is 35.6 Å². The summed E-state index contributed by atoms with van der Waals surface area (Å²) in [7, 11) is 1.31. The maximum absolute atomic E-state index is 12.9. The number of halogens is 1. The average molecular weight is 249 g/mol. The molecule has 0 aliphatic heterocycles. The van der Waals surface area contributed by atoms with Crippen LogP contribution in [0.1, 0.15) is 18.9 Å². The number of carbonyl (C=O) groups excluding carboxylic acids is 1. The van der Waals surface area contributed by atoms with Gasteiger partial charge in [0.05, 0.1) is 13.7 Å². The molecular weight excluding hydrogens is 233 g/mol. The van der Waals surface area contributed by atoms with Gasteiger partial charge in [-0.1, -0.05) is 25.0 Å². The Morgan fingerprint density at radius 1 is 1.50 bits per heavy atom. The lowest BCUT2D eigenvalue weighted by atomic mass is 9.87. The molecule has 1 aromatic rings. The van der Waals surface area contributed by atoms with E-state index < -0.39 is 11.5 Å². The van der Waals surface area contributed by atoms with Crippen molar-refractivity contribution in [3.8, 4) is 12.3 Å². The molecule has 0 aliphatic rings. The summed E-state index contributed by atoms with van der Waals surface area (Å²) >= 11 is 0. The molecule has 1 atom stereocenters. The van der Waals surface area contributed by atoms with Crippen molar-refractivity contribution >= 4 is 5.97 Å². The number of carbonyl (C=O) groups is 1. The van der Waals surface area contributed by atoms with E-state index in [4.69, 9.17) is 11.2 Å². The van der Waals surface area contributed by atoms with Crippen LogP contribution in [-0.2, 0) is 15.1 Å². The van der Waals surface area contributed by atoms with E-state index in [2.05, 4.69) is 11.2 Å². The summed E-state index contributed by atoms with van der Waals surface area (Å²) in [5, 5.41) is 2.99. The summed E-state index contributed by atoms with van der Waals surface area (Å²) < 4.78 is 17.8.